The summed E-state index contributed by atoms with van der Waals surface area (Å²) in [5.74, 6) is 0. The number of pyridine rings is 1. The smallest absolute Gasteiger partial charge is 0.0598 e. The molecule has 0 aliphatic carbocycles. The van der Waals surface area contributed by atoms with Crippen molar-refractivity contribution in [2.45, 2.75) is 13.8 Å². The second-order valence-corrected chi connectivity index (χ2v) is 4.63. The van der Waals surface area contributed by atoms with Gasteiger partial charge < -0.3 is 0 Å². The summed E-state index contributed by atoms with van der Waals surface area (Å²) in [5, 5.41) is 1.19. The predicted molar refractivity (Wildman–Crippen MR) is 75.5 cm³/mol. The van der Waals surface area contributed by atoms with Crippen LogP contribution in [0.25, 0.3) is 22.2 Å². The van der Waals surface area contributed by atoms with Crippen LogP contribution >= 0.6 is 0 Å². The molecule has 2 aromatic carbocycles. The van der Waals surface area contributed by atoms with Gasteiger partial charge in [-0.3, -0.25) is 4.98 Å². The summed E-state index contributed by atoms with van der Waals surface area (Å²) < 4.78 is 0. The van der Waals surface area contributed by atoms with E-state index in [2.05, 4.69) is 50.2 Å². The zero-order valence-electron chi connectivity index (χ0n) is 10.9. The van der Waals surface area contributed by atoms with Crippen LogP contribution in [0.4, 0.5) is 0 Å². The van der Waals surface area contributed by atoms with Crippen molar-refractivity contribution in [3.05, 3.63) is 65.7 Å². The maximum atomic E-state index is 4.77. The standard InChI is InChI=1S/C17H14N.Ir/c1-12-8-9-15-11-13(2)17(18-16(15)10-12)14-6-4-3-5-7-14;/h3-6,8-11H,1-2H3;/q-1;. The Morgan fingerprint density at radius 1 is 1.00 bits per heavy atom. The topological polar surface area (TPSA) is 12.9 Å². The monoisotopic (exact) mass is 425 g/mol. The molecule has 0 saturated heterocycles. The van der Waals surface area contributed by atoms with Gasteiger partial charge >= 0.3 is 0 Å². The molecule has 2 heteroatoms. The molecule has 0 spiro atoms. The molecule has 0 bridgehead atoms. The second kappa shape index (κ2) is 5.64. The maximum absolute atomic E-state index is 4.77. The molecular formula is C17H14IrN-. The molecule has 0 unspecified atom stereocenters. The molecule has 19 heavy (non-hydrogen) atoms. The van der Waals surface area contributed by atoms with Crippen LogP contribution in [0, 0.1) is 19.9 Å². The molecule has 0 fully saturated rings. The summed E-state index contributed by atoms with van der Waals surface area (Å²) in [7, 11) is 0. The van der Waals surface area contributed by atoms with Crippen molar-refractivity contribution in [2.75, 3.05) is 0 Å². The molecular weight excluding hydrogens is 410 g/mol. The van der Waals surface area contributed by atoms with Crippen molar-refractivity contribution in [3.8, 4) is 11.3 Å². The molecule has 1 radical (unpaired) electrons. The summed E-state index contributed by atoms with van der Waals surface area (Å²) in [6, 6.07) is 19.8. The molecule has 0 saturated carbocycles. The quantitative estimate of drug-likeness (QED) is 0.531. The van der Waals surface area contributed by atoms with Crippen molar-refractivity contribution in [3.63, 3.8) is 0 Å². The van der Waals surface area contributed by atoms with E-state index in [-0.39, 0.29) is 20.1 Å². The number of hydrogen-bond acceptors (Lipinski definition) is 1. The second-order valence-electron chi connectivity index (χ2n) is 4.63. The van der Waals surface area contributed by atoms with Crippen LogP contribution in [0.5, 0.6) is 0 Å². The van der Waals surface area contributed by atoms with Crippen LogP contribution in [-0.2, 0) is 20.1 Å². The number of rotatable bonds is 1. The van der Waals surface area contributed by atoms with Crippen molar-refractivity contribution < 1.29 is 20.1 Å². The van der Waals surface area contributed by atoms with Crippen LogP contribution in [0.3, 0.4) is 0 Å². The Balaban J connectivity index is 0.00000133. The minimum absolute atomic E-state index is 0. The van der Waals surface area contributed by atoms with E-state index < -0.39 is 0 Å². The van der Waals surface area contributed by atoms with E-state index in [1.54, 1.807) is 0 Å². The number of aryl methyl sites for hydroxylation is 2. The maximum Gasteiger partial charge on any atom is 0.0598 e. The average molecular weight is 425 g/mol. The van der Waals surface area contributed by atoms with Crippen LogP contribution in [0.2, 0.25) is 0 Å². The summed E-state index contributed by atoms with van der Waals surface area (Å²) in [6.45, 7) is 4.19. The Kier molecular flexibility index (Phi) is 4.14. The number of benzene rings is 2. The number of nitrogens with zero attached hydrogens (tertiary/aromatic N) is 1. The molecule has 1 heterocycles. The molecule has 0 amide bonds. The molecule has 0 N–H and O–H groups in total. The van der Waals surface area contributed by atoms with E-state index in [1.165, 1.54) is 16.5 Å². The minimum Gasteiger partial charge on any atom is -0.296 e. The summed E-state index contributed by atoms with van der Waals surface area (Å²) in [4.78, 5) is 4.77. The Morgan fingerprint density at radius 3 is 2.58 bits per heavy atom. The van der Waals surface area contributed by atoms with Crippen molar-refractivity contribution >= 4 is 10.9 Å². The third-order valence-electron chi connectivity index (χ3n) is 3.13. The number of hydrogen-bond donors (Lipinski definition) is 0. The molecule has 1 nitrogen and oxygen atoms in total. The van der Waals surface area contributed by atoms with Gasteiger partial charge in [0.15, 0.2) is 0 Å². The zero-order valence-corrected chi connectivity index (χ0v) is 13.3. The van der Waals surface area contributed by atoms with Gasteiger partial charge in [-0.05, 0) is 36.6 Å². The first kappa shape index (κ1) is 13.9. The van der Waals surface area contributed by atoms with E-state index in [4.69, 9.17) is 4.98 Å². The van der Waals surface area contributed by atoms with Crippen molar-refractivity contribution in [1.29, 1.82) is 0 Å². The van der Waals surface area contributed by atoms with Gasteiger partial charge in [0.05, 0.1) is 5.52 Å². The Bertz CT molecular complexity index is 705. The summed E-state index contributed by atoms with van der Waals surface area (Å²) >= 11 is 0. The number of fused-ring (bicyclic) bond motifs is 1. The van der Waals surface area contributed by atoms with Gasteiger partial charge in [-0.25, -0.2) is 0 Å². The largest absolute Gasteiger partial charge is 0.296 e. The Labute approximate surface area is 127 Å². The van der Waals surface area contributed by atoms with Gasteiger partial charge in [0.1, 0.15) is 0 Å². The van der Waals surface area contributed by atoms with Gasteiger partial charge in [0, 0.05) is 20.1 Å². The SMILES string of the molecule is Cc1ccc2cc(C)c(-c3[c-]cccc3)nc2c1.[Ir]. The van der Waals surface area contributed by atoms with E-state index >= 15 is 0 Å². The van der Waals surface area contributed by atoms with Crippen LogP contribution in [0.15, 0.2) is 48.5 Å². The molecule has 0 atom stereocenters. The van der Waals surface area contributed by atoms with E-state index in [0.29, 0.717) is 0 Å². The number of aromatic nitrogens is 1. The fraction of sp³-hybridized carbons (Fsp3) is 0.118. The third kappa shape index (κ3) is 2.75. The van der Waals surface area contributed by atoms with Gasteiger partial charge in [-0.15, -0.1) is 35.9 Å². The first-order valence-corrected chi connectivity index (χ1v) is 6.09. The van der Waals surface area contributed by atoms with Crippen molar-refractivity contribution in [1.82, 2.24) is 4.98 Å². The zero-order chi connectivity index (χ0) is 12.5. The first-order chi connectivity index (χ1) is 8.74. The minimum atomic E-state index is 0. The van der Waals surface area contributed by atoms with Gasteiger partial charge in [0.25, 0.3) is 0 Å². The Morgan fingerprint density at radius 2 is 1.84 bits per heavy atom. The normalized spacial score (nSPS) is 10.2. The van der Waals surface area contributed by atoms with Crippen LogP contribution < -0.4 is 0 Å². The van der Waals surface area contributed by atoms with Crippen LogP contribution in [0.1, 0.15) is 11.1 Å². The summed E-state index contributed by atoms with van der Waals surface area (Å²) in [5.41, 5.74) is 5.55. The molecule has 97 valence electrons. The Hall–Kier alpha value is -1.50. The van der Waals surface area contributed by atoms with Gasteiger partial charge in [0.2, 0.25) is 0 Å². The van der Waals surface area contributed by atoms with Crippen molar-refractivity contribution in [2.24, 2.45) is 0 Å². The molecule has 0 aliphatic heterocycles. The fourth-order valence-corrected chi connectivity index (χ4v) is 2.20. The van der Waals surface area contributed by atoms with E-state index in [9.17, 15) is 0 Å². The fourth-order valence-electron chi connectivity index (χ4n) is 2.20. The van der Waals surface area contributed by atoms with E-state index in [1.807, 2.05) is 18.2 Å². The van der Waals surface area contributed by atoms with Gasteiger partial charge in [-0.2, -0.15) is 0 Å². The molecule has 3 rings (SSSR count). The third-order valence-corrected chi connectivity index (χ3v) is 3.13. The van der Waals surface area contributed by atoms with E-state index in [0.717, 1.165) is 16.8 Å². The predicted octanol–water partition coefficient (Wildman–Crippen LogP) is 4.32. The summed E-state index contributed by atoms with van der Waals surface area (Å²) in [6.07, 6.45) is 0. The molecule has 3 aromatic rings. The van der Waals surface area contributed by atoms with Crippen LogP contribution in [-0.4, -0.2) is 4.98 Å². The first-order valence-electron chi connectivity index (χ1n) is 6.09. The average Bonchev–Trinajstić information content (AvgIpc) is 2.39. The molecule has 1 aromatic heterocycles. The molecule has 0 aliphatic rings. The van der Waals surface area contributed by atoms with Gasteiger partial charge in [-0.1, -0.05) is 23.8 Å².